The van der Waals surface area contributed by atoms with Gasteiger partial charge in [-0.3, -0.25) is 4.98 Å². The standard InChI is InChI=1S/C10H9F3N2OS/c1-7(2)17(16)15-6-9-5-8(3-4-14-9)10(11,12)13/h3-6H,1H2,2H3/b15-6+/t17-/m1/s1. The van der Waals surface area contributed by atoms with E-state index < -0.39 is 23.1 Å². The van der Waals surface area contributed by atoms with Gasteiger partial charge < -0.3 is 4.55 Å². The van der Waals surface area contributed by atoms with E-state index in [1.165, 1.54) is 6.92 Å². The molecule has 1 heterocycles. The van der Waals surface area contributed by atoms with E-state index in [1.54, 1.807) is 0 Å². The molecule has 1 aromatic heterocycles. The third-order valence-electron chi connectivity index (χ3n) is 1.69. The minimum Gasteiger partial charge on any atom is -0.586 e. The summed E-state index contributed by atoms with van der Waals surface area (Å²) >= 11 is -1.65. The Balaban J connectivity index is 2.90. The van der Waals surface area contributed by atoms with Gasteiger partial charge in [-0.1, -0.05) is 4.40 Å². The van der Waals surface area contributed by atoms with Crippen molar-refractivity contribution in [3.8, 4) is 0 Å². The summed E-state index contributed by atoms with van der Waals surface area (Å²) in [6.07, 6.45) is -2.38. The summed E-state index contributed by atoms with van der Waals surface area (Å²) < 4.78 is 51.7. The van der Waals surface area contributed by atoms with Gasteiger partial charge >= 0.3 is 6.18 Å². The number of halogens is 3. The second kappa shape index (κ2) is 5.33. The van der Waals surface area contributed by atoms with E-state index in [4.69, 9.17) is 0 Å². The van der Waals surface area contributed by atoms with E-state index in [0.717, 1.165) is 24.5 Å². The smallest absolute Gasteiger partial charge is 0.416 e. The molecule has 0 aliphatic heterocycles. The minimum atomic E-state index is -4.43. The van der Waals surface area contributed by atoms with Crippen LogP contribution in [0.3, 0.4) is 0 Å². The van der Waals surface area contributed by atoms with Crippen molar-refractivity contribution in [3.05, 3.63) is 41.1 Å². The number of pyridine rings is 1. The molecular weight excluding hydrogens is 253 g/mol. The Hall–Kier alpha value is -1.34. The lowest BCUT2D eigenvalue weighted by Crippen LogP contribution is -2.06. The Kier molecular flexibility index (Phi) is 4.30. The number of alkyl halides is 3. The summed E-state index contributed by atoms with van der Waals surface area (Å²) in [5, 5.41) is 0. The van der Waals surface area contributed by atoms with Crippen LogP contribution in [0.25, 0.3) is 0 Å². The second-order valence-electron chi connectivity index (χ2n) is 3.15. The maximum absolute atomic E-state index is 12.3. The number of nitrogens with zero attached hydrogens (tertiary/aromatic N) is 2. The van der Waals surface area contributed by atoms with Gasteiger partial charge in [-0.15, -0.1) is 0 Å². The molecule has 0 bridgehead atoms. The first kappa shape index (κ1) is 13.7. The molecule has 0 saturated heterocycles. The van der Waals surface area contributed by atoms with Crippen LogP contribution in [0.15, 0.2) is 34.2 Å². The first-order valence-electron chi connectivity index (χ1n) is 4.45. The third-order valence-corrected chi connectivity index (χ3v) is 2.58. The molecule has 0 unspecified atom stereocenters. The summed E-state index contributed by atoms with van der Waals surface area (Å²) in [5.41, 5.74) is -0.829. The lowest BCUT2D eigenvalue weighted by molar-refractivity contribution is -0.137. The molecule has 17 heavy (non-hydrogen) atoms. The molecule has 0 radical (unpaired) electrons. The SMILES string of the molecule is C=C(C)[S@@+]([O-])/N=C/c1cc(C(F)(F)F)ccn1. The van der Waals surface area contributed by atoms with Crippen molar-refractivity contribution in [2.24, 2.45) is 4.40 Å². The van der Waals surface area contributed by atoms with E-state index in [-0.39, 0.29) is 5.69 Å². The molecule has 1 atom stereocenters. The third kappa shape index (κ3) is 4.20. The first-order chi connectivity index (χ1) is 7.80. The number of hydrogen-bond donors (Lipinski definition) is 0. The minimum absolute atomic E-state index is 0.00516. The van der Waals surface area contributed by atoms with Crippen molar-refractivity contribution in [2.45, 2.75) is 13.1 Å². The van der Waals surface area contributed by atoms with E-state index in [0.29, 0.717) is 4.91 Å². The van der Waals surface area contributed by atoms with Crippen LogP contribution in [0, 0.1) is 0 Å². The highest BCUT2D eigenvalue weighted by atomic mass is 32.2. The van der Waals surface area contributed by atoms with Gasteiger partial charge in [0.1, 0.15) is 22.5 Å². The summed E-state index contributed by atoms with van der Waals surface area (Å²) in [7, 11) is 0. The Morgan fingerprint density at radius 1 is 1.59 bits per heavy atom. The quantitative estimate of drug-likeness (QED) is 0.621. The van der Waals surface area contributed by atoms with Crippen LogP contribution < -0.4 is 0 Å². The van der Waals surface area contributed by atoms with Crippen LogP contribution in [0.2, 0.25) is 0 Å². The summed E-state index contributed by atoms with van der Waals surface area (Å²) in [6.45, 7) is 4.92. The highest BCUT2D eigenvalue weighted by Crippen LogP contribution is 2.28. The van der Waals surface area contributed by atoms with E-state index in [1.807, 2.05) is 0 Å². The first-order valence-corrected chi connectivity index (χ1v) is 5.56. The van der Waals surface area contributed by atoms with E-state index in [2.05, 4.69) is 16.0 Å². The van der Waals surface area contributed by atoms with Gasteiger partial charge in [0.15, 0.2) is 0 Å². The fraction of sp³-hybridized carbons (Fsp3) is 0.200. The molecule has 0 saturated carbocycles. The zero-order valence-corrected chi connectivity index (χ0v) is 9.68. The van der Waals surface area contributed by atoms with Gasteiger partial charge in [-0.25, -0.2) is 0 Å². The van der Waals surface area contributed by atoms with Crippen LogP contribution >= 0.6 is 0 Å². The van der Waals surface area contributed by atoms with Gasteiger partial charge in [-0.05, 0) is 18.7 Å². The average molecular weight is 262 g/mol. The van der Waals surface area contributed by atoms with E-state index >= 15 is 0 Å². The predicted octanol–water partition coefficient (Wildman–Crippen LogP) is 2.72. The Labute approximate surface area is 99.4 Å². The van der Waals surface area contributed by atoms with Crippen LogP contribution in [-0.4, -0.2) is 15.8 Å². The van der Waals surface area contributed by atoms with Crippen LogP contribution in [0.4, 0.5) is 13.2 Å². The Morgan fingerprint density at radius 2 is 2.24 bits per heavy atom. The Bertz CT molecular complexity index is 445. The van der Waals surface area contributed by atoms with Crippen LogP contribution in [-0.2, 0) is 17.5 Å². The second-order valence-corrected chi connectivity index (χ2v) is 4.56. The molecule has 0 spiro atoms. The number of aromatic nitrogens is 1. The van der Waals surface area contributed by atoms with Crippen molar-refractivity contribution in [2.75, 3.05) is 0 Å². The highest BCUT2D eigenvalue weighted by molar-refractivity contribution is 7.94. The molecular formula is C10H9F3N2OS. The van der Waals surface area contributed by atoms with Crippen LogP contribution in [0.5, 0.6) is 0 Å². The van der Waals surface area contributed by atoms with Gasteiger partial charge in [0.05, 0.1) is 11.3 Å². The molecule has 0 aliphatic carbocycles. The lowest BCUT2D eigenvalue weighted by Gasteiger charge is -2.05. The number of allylic oxidation sites excluding steroid dienone is 1. The van der Waals surface area contributed by atoms with Gasteiger partial charge in [0.25, 0.3) is 0 Å². The van der Waals surface area contributed by atoms with Crippen molar-refractivity contribution < 1.29 is 17.7 Å². The van der Waals surface area contributed by atoms with Crippen molar-refractivity contribution >= 4 is 17.6 Å². The van der Waals surface area contributed by atoms with Crippen molar-refractivity contribution in [3.63, 3.8) is 0 Å². The van der Waals surface area contributed by atoms with E-state index in [9.17, 15) is 17.7 Å². The molecule has 0 aliphatic rings. The lowest BCUT2D eigenvalue weighted by atomic mass is 10.2. The van der Waals surface area contributed by atoms with Crippen molar-refractivity contribution in [1.82, 2.24) is 4.98 Å². The van der Waals surface area contributed by atoms with Gasteiger partial charge in [0, 0.05) is 13.1 Å². The maximum atomic E-state index is 12.3. The topological polar surface area (TPSA) is 48.3 Å². The zero-order chi connectivity index (χ0) is 13.1. The predicted molar refractivity (Wildman–Crippen MR) is 59.8 cm³/mol. The monoisotopic (exact) mass is 262 g/mol. The largest absolute Gasteiger partial charge is 0.586 e. The molecule has 7 heteroatoms. The Morgan fingerprint density at radius 3 is 2.76 bits per heavy atom. The molecule has 92 valence electrons. The molecule has 0 amide bonds. The average Bonchev–Trinajstić information content (AvgIpc) is 2.25. The maximum Gasteiger partial charge on any atom is 0.416 e. The fourth-order valence-electron chi connectivity index (χ4n) is 0.887. The summed E-state index contributed by atoms with van der Waals surface area (Å²) in [5.74, 6) is 0. The molecule has 1 rings (SSSR count). The summed E-state index contributed by atoms with van der Waals surface area (Å²) in [4.78, 5) is 3.98. The van der Waals surface area contributed by atoms with Gasteiger partial charge in [0.2, 0.25) is 0 Å². The zero-order valence-electron chi connectivity index (χ0n) is 8.86. The molecule has 0 aromatic carbocycles. The summed E-state index contributed by atoms with van der Waals surface area (Å²) in [6, 6.07) is 1.69. The molecule has 0 fully saturated rings. The van der Waals surface area contributed by atoms with Crippen LogP contribution in [0.1, 0.15) is 18.2 Å². The highest BCUT2D eigenvalue weighted by Gasteiger charge is 2.30. The number of rotatable bonds is 3. The van der Waals surface area contributed by atoms with Gasteiger partial charge in [-0.2, -0.15) is 13.2 Å². The fourth-order valence-corrected chi connectivity index (χ4v) is 1.27. The van der Waals surface area contributed by atoms with Crippen molar-refractivity contribution in [1.29, 1.82) is 0 Å². The molecule has 3 nitrogen and oxygen atoms in total. The molecule has 1 aromatic rings. The molecule has 0 N–H and O–H groups in total. The number of hydrogen-bond acceptors (Lipinski definition) is 3. The normalized spacial score (nSPS) is 13.9.